The summed E-state index contributed by atoms with van der Waals surface area (Å²) in [5.41, 5.74) is 0.883. The molecule has 1 saturated heterocycles. The van der Waals surface area contributed by atoms with Crippen molar-refractivity contribution >= 4 is 17.9 Å². The van der Waals surface area contributed by atoms with Gasteiger partial charge in [0.15, 0.2) is 0 Å². The fourth-order valence-corrected chi connectivity index (χ4v) is 2.44. The van der Waals surface area contributed by atoms with Crippen LogP contribution in [0.5, 0.6) is 0 Å². The highest BCUT2D eigenvalue weighted by molar-refractivity contribution is 5.95. The van der Waals surface area contributed by atoms with Gasteiger partial charge in [-0.05, 0) is 11.6 Å². The van der Waals surface area contributed by atoms with Crippen LogP contribution in [-0.2, 0) is 14.3 Å². The second kappa shape index (κ2) is 10.6. The molecule has 1 aromatic rings. The first-order valence-corrected chi connectivity index (χ1v) is 8.41. The van der Waals surface area contributed by atoms with E-state index in [1.165, 1.54) is 6.08 Å². The molecule has 7 nitrogen and oxygen atoms in total. The Hall–Kier alpha value is -2.22. The molecule has 2 rings (SSSR count). The van der Waals surface area contributed by atoms with Crippen LogP contribution >= 0.6 is 0 Å². The number of benzene rings is 1. The fourth-order valence-electron chi connectivity index (χ4n) is 2.44. The van der Waals surface area contributed by atoms with Gasteiger partial charge in [0.25, 0.3) is 0 Å². The SMILES string of the molecule is O=C(C=Cc1ccccc1)NC(CO)C(=O)NCCN1CCOCC1. The predicted molar refractivity (Wildman–Crippen MR) is 94.8 cm³/mol. The molecule has 1 unspecified atom stereocenters. The minimum Gasteiger partial charge on any atom is -0.394 e. The van der Waals surface area contributed by atoms with Crippen LogP contribution in [0.4, 0.5) is 0 Å². The highest BCUT2D eigenvalue weighted by Gasteiger charge is 2.19. The highest BCUT2D eigenvalue weighted by Crippen LogP contribution is 2.00. The predicted octanol–water partition coefficient (Wildman–Crippen LogP) is -0.375. The molecule has 1 heterocycles. The molecule has 0 aliphatic carbocycles. The Kier molecular flexibility index (Phi) is 8.11. The number of carbonyl (C=O) groups is 2. The quantitative estimate of drug-likeness (QED) is 0.558. The van der Waals surface area contributed by atoms with Crippen LogP contribution in [0.1, 0.15) is 5.56 Å². The van der Waals surface area contributed by atoms with Gasteiger partial charge < -0.3 is 20.5 Å². The van der Waals surface area contributed by atoms with E-state index in [1.807, 2.05) is 30.3 Å². The molecule has 1 aromatic carbocycles. The summed E-state index contributed by atoms with van der Waals surface area (Å²) in [4.78, 5) is 26.2. The number of aliphatic hydroxyl groups excluding tert-OH is 1. The summed E-state index contributed by atoms with van der Waals surface area (Å²) >= 11 is 0. The first kappa shape index (κ1) is 19.1. The molecule has 2 amide bonds. The second-order valence-electron chi connectivity index (χ2n) is 5.73. The van der Waals surface area contributed by atoms with Crippen LogP contribution in [0.2, 0.25) is 0 Å². The van der Waals surface area contributed by atoms with Gasteiger partial charge in [-0.25, -0.2) is 0 Å². The van der Waals surface area contributed by atoms with Gasteiger partial charge in [0.1, 0.15) is 6.04 Å². The number of hydrogen-bond acceptors (Lipinski definition) is 5. The third kappa shape index (κ3) is 7.04. The van der Waals surface area contributed by atoms with Crippen LogP contribution in [0.15, 0.2) is 36.4 Å². The third-order valence-electron chi connectivity index (χ3n) is 3.87. The van der Waals surface area contributed by atoms with Crippen molar-refractivity contribution in [3.05, 3.63) is 42.0 Å². The first-order valence-electron chi connectivity index (χ1n) is 8.41. The minimum absolute atomic E-state index is 0.391. The zero-order valence-electron chi connectivity index (χ0n) is 14.2. The lowest BCUT2D eigenvalue weighted by molar-refractivity contribution is -0.128. The van der Waals surface area contributed by atoms with E-state index in [0.29, 0.717) is 19.8 Å². The molecule has 7 heteroatoms. The number of hydrogen-bond donors (Lipinski definition) is 3. The molecule has 1 fully saturated rings. The largest absolute Gasteiger partial charge is 0.394 e. The number of nitrogens with one attached hydrogen (secondary N) is 2. The Morgan fingerprint density at radius 3 is 2.64 bits per heavy atom. The molecule has 0 radical (unpaired) electrons. The smallest absolute Gasteiger partial charge is 0.245 e. The molecule has 3 N–H and O–H groups in total. The monoisotopic (exact) mass is 347 g/mol. The molecular weight excluding hydrogens is 322 g/mol. The average molecular weight is 347 g/mol. The minimum atomic E-state index is -0.961. The van der Waals surface area contributed by atoms with Gasteiger partial charge >= 0.3 is 0 Å². The average Bonchev–Trinajstić information content (AvgIpc) is 2.66. The van der Waals surface area contributed by atoms with Crippen molar-refractivity contribution < 1.29 is 19.4 Å². The lowest BCUT2D eigenvalue weighted by Gasteiger charge is -2.26. The molecule has 136 valence electrons. The van der Waals surface area contributed by atoms with Crippen molar-refractivity contribution in [1.29, 1.82) is 0 Å². The summed E-state index contributed by atoms with van der Waals surface area (Å²) in [6.45, 7) is 3.84. The summed E-state index contributed by atoms with van der Waals surface area (Å²) in [7, 11) is 0. The Balaban J connectivity index is 1.73. The van der Waals surface area contributed by atoms with Gasteiger partial charge in [-0.15, -0.1) is 0 Å². The van der Waals surface area contributed by atoms with E-state index in [4.69, 9.17) is 4.74 Å². The molecular formula is C18H25N3O4. The Bertz CT molecular complexity index is 571. The van der Waals surface area contributed by atoms with Crippen LogP contribution in [0, 0.1) is 0 Å². The maximum atomic E-state index is 12.1. The maximum absolute atomic E-state index is 12.1. The number of morpholine rings is 1. The molecule has 1 aliphatic rings. The summed E-state index contributed by atoms with van der Waals surface area (Å²) in [6, 6.07) is 8.40. The lowest BCUT2D eigenvalue weighted by atomic mass is 10.2. The summed E-state index contributed by atoms with van der Waals surface area (Å²) < 4.78 is 5.27. The molecule has 1 aliphatic heterocycles. The Labute approximate surface area is 147 Å². The lowest BCUT2D eigenvalue weighted by Crippen LogP contribution is -2.50. The van der Waals surface area contributed by atoms with E-state index >= 15 is 0 Å². The van der Waals surface area contributed by atoms with Gasteiger partial charge in [0.2, 0.25) is 11.8 Å². The molecule has 0 spiro atoms. The fraction of sp³-hybridized carbons (Fsp3) is 0.444. The van der Waals surface area contributed by atoms with E-state index < -0.39 is 24.5 Å². The molecule has 1 atom stereocenters. The van der Waals surface area contributed by atoms with Crippen molar-refractivity contribution in [1.82, 2.24) is 15.5 Å². The van der Waals surface area contributed by atoms with E-state index in [0.717, 1.165) is 25.2 Å². The van der Waals surface area contributed by atoms with E-state index in [2.05, 4.69) is 15.5 Å². The van der Waals surface area contributed by atoms with Crippen LogP contribution in [0.3, 0.4) is 0 Å². The number of ether oxygens (including phenoxy) is 1. The molecule has 0 aromatic heterocycles. The normalized spacial score (nSPS) is 16.5. The molecule has 0 bridgehead atoms. The number of nitrogens with zero attached hydrogens (tertiary/aromatic N) is 1. The number of carbonyl (C=O) groups excluding carboxylic acids is 2. The van der Waals surface area contributed by atoms with Gasteiger partial charge in [-0.2, -0.15) is 0 Å². The van der Waals surface area contributed by atoms with E-state index in [1.54, 1.807) is 6.08 Å². The van der Waals surface area contributed by atoms with Crippen molar-refractivity contribution in [2.24, 2.45) is 0 Å². The number of rotatable bonds is 8. The van der Waals surface area contributed by atoms with Crippen LogP contribution in [-0.4, -0.2) is 73.9 Å². The van der Waals surface area contributed by atoms with Gasteiger partial charge in [0.05, 0.1) is 19.8 Å². The summed E-state index contributed by atoms with van der Waals surface area (Å²) in [5.74, 6) is -0.816. The third-order valence-corrected chi connectivity index (χ3v) is 3.87. The van der Waals surface area contributed by atoms with Crippen molar-refractivity contribution in [3.63, 3.8) is 0 Å². The van der Waals surface area contributed by atoms with Crippen molar-refractivity contribution in [2.45, 2.75) is 6.04 Å². The van der Waals surface area contributed by atoms with Crippen molar-refractivity contribution in [2.75, 3.05) is 46.0 Å². The van der Waals surface area contributed by atoms with E-state index in [-0.39, 0.29) is 0 Å². The van der Waals surface area contributed by atoms with E-state index in [9.17, 15) is 14.7 Å². The van der Waals surface area contributed by atoms with Gasteiger partial charge in [-0.1, -0.05) is 30.3 Å². The van der Waals surface area contributed by atoms with Crippen LogP contribution in [0.25, 0.3) is 6.08 Å². The molecule has 25 heavy (non-hydrogen) atoms. The summed E-state index contributed by atoms with van der Waals surface area (Å²) in [6.07, 6.45) is 3.00. The molecule has 0 saturated carbocycles. The number of amides is 2. The van der Waals surface area contributed by atoms with Gasteiger partial charge in [-0.3, -0.25) is 14.5 Å². The van der Waals surface area contributed by atoms with Crippen molar-refractivity contribution in [3.8, 4) is 0 Å². The Morgan fingerprint density at radius 1 is 1.24 bits per heavy atom. The zero-order chi connectivity index (χ0) is 17.9. The zero-order valence-corrected chi connectivity index (χ0v) is 14.2. The standard InChI is InChI=1S/C18H25N3O4/c22-14-16(18(24)19-8-9-21-10-12-25-13-11-21)20-17(23)7-6-15-4-2-1-3-5-15/h1-7,16,22H,8-14H2,(H,19,24)(H,20,23). The summed E-state index contributed by atoms with van der Waals surface area (Å²) in [5, 5.41) is 14.6. The topological polar surface area (TPSA) is 90.9 Å². The van der Waals surface area contributed by atoms with Gasteiger partial charge in [0, 0.05) is 32.3 Å². The van der Waals surface area contributed by atoms with Crippen LogP contribution < -0.4 is 10.6 Å². The number of aliphatic hydroxyl groups is 1. The Morgan fingerprint density at radius 2 is 1.96 bits per heavy atom. The highest BCUT2D eigenvalue weighted by atomic mass is 16.5. The second-order valence-corrected chi connectivity index (χ2v) is 5.73. The first-order chi connectivity index (χ1) is 12.2. The maximum Gasteiger partial charge on any atom is 0.245 e.